The molecular formula is C16H13I. The fourth-order valence-electron chi connectivity index (χ4n) is 2.37. The van der Waals surface area contributed by atoms with Gasteiger partial charge in [0, 0.05) is 3.57 Å². The summed E-state index contributed by atoms with van der Waals surface area (Å²) in [5, 5.41) is 2.74. The Morgan fingerprint density at radius 2 is 1.76 bits per heavy atom. The molecular weight excluding hydrogens is 319 g/mol. The normalized spacial score (nSPS) is 15.0. The molecule has 1 aliphatic rings. The molecule has 3 rings (SSSR count). The summed E-state index contributed by atoms with van der Waals surface area (Å²) in [6.45, 7) is 0. The quantitative estimate of drug-likeness (QED) is 0.632. The minimum atomic E-state index is 1.15. The third-order valence-corrected chi connectivity index (χ3v) is 4.17. The van der Waals surface area contributed by atoms with Crippen LogP contribution in [0.1, 0.15) is 18.4 Å². The molecule has 1 heteroatoms. The zero-order valence-electron chi connectivity index (χ0n) is 9.49. The van der Waals surface area contributed by atoms with Crippen molar-refractivity contribution in [2.45, 2.75) is 12.8 Å². The van der Waals surface area contributed by atoms with Crippen molar-refractivity contribution < 1.29 is 0 Å². The molecule has 84 valence electrons. The maximum absolute atomic E-state index is 2.41. The van der Waals surface area contributed by atoms with Crippen LogP contribution in [0.3, 0.4) is 0 Å². The molecule has 0 fully saturated rings. The van der Waals surface area contributed by atoms with Crippen molar-refractivity contribution >= 4 is 38.9 Å². The van der Waals surface area contributed by atoms with Gasteiger partial charge in [-0.15, -0.1) is 0 Å². The van der Waals surface area contributed by atoms with Crippen LogP contribution in [0.2, 0.25) is 0 Å². The number of hydrogen-bond acceptors (Lipinski definition) is 0. The minimum absolute atomic E-state index is 1.15. The molecule has 0 heterocycles. The first-order valence-corrected chi connectivity index (χ1v) is 6.97. The summed E-state index contributed by atoms with van der Waals surface area (Å²) < 4.78 is 1.33. The molecule has 1 aliphatic carbocycles. The SMILES string of the molecule is Ic1ccc(C2=CC=CCC2)c2ccccc12. The van der Waals surface area contributed by atoms with E-state index >= 15 is 0 Å². The van der Waals surface area contributed by atoms with Gasteiger partial charge in [-0.1, -0.05) is 48.6 Å². The molecule has 2 aromatic rings. The lowest BCUT2D eigenvalue weighted by atomic mass is 9.93. The van der Waals surface area contributed by atoms with Crippen molar-refractivity contribution in [3.8, 4) is 0 Å². The van der Waals surface area contributed by atoms with Gasteiger partial charge in [-0.05, 0) is 63.4 Å². The van der Waals surface area contributed by atoms with Gasteiger partial charge in [0.15, 0.2) is 0 Å². The van der Waals surface area contributed by atoms with Gasteiger partial charge in [-0.2, -0.15) is 0 Å². The van der Waals surface area contributed by atoms with Crippen LogP contribution < -0.4 is 0 Å². The van der Waals surface area contributed by atoms with Gasteiger partial charge >= 0.3 is 0 Å². The molecule has 0 nitrogen and oxygen atoms in total. The van der Waals surface area contributed by atoms with Crippen LogP contribution in [0.25, 0.3) is 16.3 Å². The van der Waals surface area contributed by atoms with Crippen LogP contribution in [-0.2, 0) is 0 Å². The Labute approximate surface area is 115 Å². The number of benzene rings is 2. The molecule has 17 heavy (non-hydrogen) atoms. The topological polar surface area (TPSA) is 0 Å². The summed E-state index contributed by atoms with van der Waals surface area (Å²) in [5.74, 6) is 0. The molecule has 0 aromatic heterocycles. The molecule has 0 radical (unpaired) electrons. The molecule has 0 atom stereocenters. The van der Waals surface area contributed by atoms with Crippen LogP contribution in [0, 0.1) is 3.57 Å². The highest BCUT2D eigenvalue weighted by Gasteiger charge is 2.08. The Bertz CT molecular complexity index is 620. The molecule has 0 saturated carbocycles. The number of rotatable bonds is 1. The molecule has 0 saturated heterocycles. The Balaban J connectivity index is 2.27. The van der Waals surface area contributed by atoms with E-state index in [9.17, 15) is 0 Å². The minimum Gasteiger partial charge on any atom is -0.0842 e. The van der Waals surface area contributed by atoms with E-state index in [1.807, 2.05) is 0 Å². The van der Waals surface area contributed by atoms with Gasteiger partial charge in [0.2, 0.25) is 0 Å². The van der Waals surface area contributed by atoms with Gasteiger partial charge in [0.1, 0.15) is 0 Å². The lowest BCUT2D eigenvalue weighted by Crippen LogP contribution is -1.91. The Morgan fingerprint density at radius 3 is 2.53 bits per heavy atom. The number of hydrogen-bond donors (Lipinski definition) is 0. The molecule has 0 unspecified atom stereocenters. The van der Waals surface area contributed by atoms with Crippen molar-refractivity contribution in [2.24, 2.45) is 0 Å². The predicted octanol–water partition coefficient (Wildman–Crippen LogP) is 5.18. The highest BCUT2D eigenvalue weighted by Crippen LogP contribution is 2.32. The van der Waals surface area contributed by atoms with Crippen LogP contribution in [-0.4, -0.2) is 0 Å². The average molecular weight is 332 g/mol. The summed E-state index contributed by atoms with van der Waals surface area (Å²) in [6, 6.07) is 13.2. The van der Waals surface area contributed by atoms with Crippen molar-refractivity contribution in [3.05, 3.63) is 63.8 Å². The van der Waals surface area contributed by atoms with E-state index in [0.717, 1.165) is 12.8 Å². The lowest BCUT2D eigenvalue weighted by molar-refractivity contribution is 1.06. The second-order valence-electron chi connectivity index (χ2n) is 4.30. The largest absolute Gasteiger partial charge is 0.0842 e. The zero-order chi connectivity index (χ0) is 11.7. The highest BCUT2D eigenvalue weighted by atomic mass is 127. The summed E-state index contributed by atoms with van der Waals surface area (Å²) in [6.07, 6.45) is 8.97. The van der Waals surface area contributed by atoms with E-state index in [-0.39, 0.29) is 0 Å². The van der Waals surface area contributed by atoms with E-state index in [4.69, 9.17) is 0 Å². The first-order chi connectivity index (χ1) is 8.36. The summed E-state index contributed by atoms with van der Waals surface area (Å²) in [4.78, 5) is 0. The molecule has 0 N–H and O–H groups in total. The first kappa shape index (κ1) is 11.0. The first-order valence-electron chi connectivity index (χ1n) is 5.89. The zero-order valence-corrected chi connectivity index (χ0v) is 11.6. The number of fused-ring (bicyclic) bond motifs is 1. The average Bonchev–Trinajstić information content (AvgIpc) is 2.41. The third-order valence-electron chi connectivity index (χ3n) is 3.23. The predicted molar refractivity (Wildman–Crippen MR) is 83.0 cm³/mol. The smallest absolute Gasteiger partial charge is 0.0209 e. The summed E-state index contributed by atoms with van der Waals surface area (Å²) in [7, 11) is 0. The van der Waals surface area contributed by atoms with Gasteiger partial charge in [-0.3, -0.25) is 0 Å². The Morgan fingerprint density at radius 1 is 0.941 bits per heavy atom. The van der Waals surface area contributed by atoms with Crippen molar-refractivity contribution in [1.29, 1.82) is 0 Å². The second kappa shape index (κ2) is 4.65. The third kappa shape index (κ3) is 2.04. The Hall–Kier alpha value is -1.09. The molecule has 0 spiro atoms. The number of allylic oxidation sites excluding steroid dienone is 4. The monoisotopic (exact) mass is 332 g/mol. The second-order valence-corrected chi connectivity index (χ2v) is 5.46. The number of halogens is 1. The van der Waals surface area contributed by atoms with E-state index in [1.165, 1.54) is 25.5 Å². The van der Waals surface area contributed by atoms with E-state index in [1.54, 1.807) is 0 Å². The molecule has 0 amide bonds. The van der Waals surface area contributed by atoms with E-state index < -0.39 is 0 Å². The van der Waals surface area contributed by atoms with Crippen LogP contribution in [0.4, 0.5) is 0 Å². The maximum Gasteiger partial charge on any atom is 0.0209 e. The van der Waals surface area contributed by atoms with Crippen molar-refractivity contribution in [2.75, 3.05) is 0 Å². The fourth-order valence-corrected chi connectivity index (χ4v) is 3.02. The van der Waals surface area contributed by atoms with Gasteiger partial charge in [-0.25, -0.2) is 0 Å². The van der Waals surface area contributed by atoms with E-state index in [2.05, 4.69) is 77.2 Å². The fraction of sp³-hybridized carbons (Fsp3) is 0.125. The van der Waals surface area contributed by atoms with Crippen LogP contribution in [0.5, 0.6) is 0 Å². The van der Waals surface area contributed by atoms with Crippen LogP contribution in [0.15, 0.2) is 54.6 Å². The van der Waals surface area contributed by atoms with Crippen LogP contribution >= 0.6 is 22.6 Å². The molecule has 2 aromatic carbocycles. The lowest BCUT2D eigenvalue weighted by Gasteiger charge is -2.13. The Kier molecular flexibility index (Phi) is 3.02. The van der Waals surface area contributed by atoms with E-state index in [0.29, 0.717) is 0 Å². The highest BCUT2D eigenvalue weighted by molar-refractivity contribution is 14.1. The molecule has 0 aliphatic heterocycles. The van der Waals surface area contributed by atoms with Gasteiger partial charge in [0.25, 0.3) is 0 Å². The van der Waals surface area contributed by atoms with Crippen molar-refractivity contribution in [1.82, 2.24) is 0 Å². The van der Waals surface area contributed by atoms with Gasteiger partial charge in [0.05, 0.1) is 0 Å². The summed E-state index contributed by atoms with van der Waals surface area (Å²) in [5.41, 5.74) is 2.85. The van der Waals surface area contributed by atoms with Gasteiger partial charge < -0.3 is 0 Å². The molecule has 0 bridgehead atoms. The van der Waals surface area contributed by atoms with Crippen molar-refractivity contribution in [3.63, 3.8) is 0 Å². The standard InChI is InChI=1S/C16H13I/c17-16-11-10-13(12-6-2-1-3-7-12)14-8-4-5-9-15(14)16/h1-2,4-6,8-11H,3,7H2. The summed E-state index contributed by atoms with van der Waals surface area (Å²) >= 11 is 2.41. The maximum atomic E-state index is 2.41.